The highest BCUT2D eigenvalue weighted by Gasteiger charge is 2.09. The first-order valence-corrected chi connectivity index (χ1v) is 8.15. The summed E-state index contributed by atoms with van der Waals surface area (Å²) < 4.78 is 10.5. The van der Waals surface area contributed by atoms with Crippen LogP contribution in [0.15, 0.2) is 41.2 Å². The van der Waals surface area contributed by atoms with Crippen LogP contribution in [0.3, 0.4) is 0 Å². The SMILES string of the molecule is COc1cc(NCc2cc3cc(Cl)cc(OC)c3[nH]c2=O)ccc1C#N. The Morgan fingerprint density at radius 2 is 1.92 bits per heavy atom. The number of nitrogens with zero attached hydrogens (tertiary/aromatic N) is 1. The third kappa shape index (κ3) is 3.44. The third-order valence-electron chi connectivity index (χ3n) is 3.98. The van der Waals surface area contributed by atoms with Gasteiger partial charge in [-0.1, -0.05) is 11.6 Å². The number of nitriles is 1. The Kier molecular flexibility index (Phi) is 5.01. The van der Waals surface area contributed by atoms with Gasteiger partial charge in [-0.25, -0.2) is 0 Å². The fourth-order valence-corrected chi connectivity index (χ4v) is 2.90. The molecule has 0 saturated heterocycles. The quantitative estimate of drug-likeness (QED) is 0.716. The molecule has 2 aromatic carbocycles. The molecule has 6 nitrogen and oxygen atoms in total. The van der Waals surface area contributed by atoms with Crippen molar-refractivity contribution in [1.29, 1.82) is 5.26 Å². The minimum Gasteiger partial charge on any atom is -0.495 e. The van der Waals surface area contributed by atoms with E-state index in [9.17, 15) is 4.79 Å². The lowest BCUT2D eigenvalue weighted by Crippen LogP contribution is -2.16. The lowest BCUT2D eigenvalue weighted by atomic mass is 10.1. The van der Waals surface area contributed by atoms with E-state index in [2.05, 4.69) is 16.4 Å². The second-order valence-corrected chi connectivity index (χ2v) is 6.01. The molecule has 0 saturated carbocycles. The van der Waals surface area contributed by atoms with Gasteiger partial charge in [0.1, 0.15) is 17.6 Å². The second kappa shape index (κ2) is 7.38. The average molecular weight is 370 g/mol. The standard InChI is InChI=1S/C19H16ClN3O3/c1-25-16-8-15(4-3-11(16)9-21)22-10-13-5-12-6-14(20)7-17(26-2)18(12)23-19(13)24/h3-8,22H,10H2,1-2H3,(H,23,24). The molecule has 0 bridgehead atoms. The Balaban J connectivity index is 1.91. The van der Waals surface area contributed by atoms with Gasteiger partial charge >= 0.3 is 0 Å². The summed E-state index contributed by atoms with van der Waals surface area (Å²) in [7, 11) is 3.03. The summed E-state index contributed by atoms with van der Waals surface area (Å²) in [4.78, 5) is 15.2. The Morgan fingerprint density at radius 3 is 2.62 bits per heavy atom. The molecule has 0 fully saturated rings. The van der Waals surface area contributed by atoms with Gasteiger partial charge in [-0.3, -0.25) is 4.79 Å². The minimum atomic E-state index is -0.216. The predicted molar refractivity (Wildman–Crippen MR) is 101 cm³/mol. The minimum absolute atomic E-state index is 0.216. The summed E-state index contributed by atoms with van der Waals surface area (Å²) in [5.41, 5.74) is 2.12. The smallest absolute Gasteiger partial charge is 0.253 e. The van der Waals surface area contributed by atoms with E-state index in [1.165, 1.54) is 14.2 Å². The summed E-state index contributed by atoms with van der Waals surface area (Å²) in [5, 5.41) is 13.5. The Morgan fingerprint density at radius 1 is 1.15 bits per heavy atom. The van der Waals surface area contributed by atoms with Gasteiger partial charge in [0.05, 0.1) is 25.3 Å². The van der Waals surface area contributed by atoms with Gasteiger partial charge in [0.25, 0.3) is 5.56 Å². The highest BCUT2D eigenvalue weighted by Crippen LogP contribution is 2.28. The van der Waals surface area contributed by atoms with Crippen LogP contribution in [0.2, 0.25) is 5.02 Å². The summed E-state index contributed by atoms with van der Waals surface area (Å²) in [5.74, 6) is 0.988. The number of hydrogen-bond donors (Lipinski definition) is 2. The molecule has 0 atom stereocenters. The lowest BCUT2D eigenvalue weighted by molar-refractivity contribution is 0.413. The third-order valence-corrected chi connectivity index (χ3v) is 4.20. The van der Waals surface area contributed by atoms with Gasteiger partial charge in [0.2, 0.25) is 0 Å². The summed E-state index contributed by atoms with van der Waals surface area (Å²) in [6.07, 6.45) is 0. The van der Waals surface area contributed by atoms with Gasteiger partial charge in [0.15, 0.2) is 0 Å². The molecule has 0 radical (unpaired) electrons. The topological polar surface area (TPSA) is 87.1 Å². The van der Waals surface area contributed by atoms with E-state index in [0.29, 0.717) is 39.7 Å². The number of benzene rings is 2. The van der Waals surface area contributed by atoms with E-state index in [-0.39, 0.29) is 5.56 Å². The number of ether oxygens (including phenoxy) is 2. The van der Waals surface area contributed by atoms with Crippen molar-refractivity contribution in [2.45, 2.75) is 6.54 Å². The van der Waals surface area contributed by atoms with E-state index in [1.807, 2.05) is 0 Å². The highest BCUT2D eigenvalue weighted by molar-refractivity contribution is 6.31. The molecule has 0 aliphatic heterocycles. The van der Waals surface area contributed by atoms with Crippen LogP contribution in [-0.2, 0) is 6.54 Å². The van der Waals surface area contributed by atoms with E-state index >= 15 is 0 Å². The molecule has 0 amide bonds. The molecule has 1 aromatic heterocycles. The first-order chi connectivity index (χ1) is 12.5. The van der Waals surface area contributed by atoms with Crippen molar-refractivity contribution in [3.63, 3.8) is 0 Å². The number of hydrogen-bond acceptors (Lipinski definition) is 5. The molecular formula is C19H16ClN3O3. The molecule has 2 N–H and O–H groups in total. The van der Waals surface area contributed by atoms with Crippen LogP contribution in [0.4, 0.5) is 5.69 Å². The van der Waals surface area contributed by atoms with E-state index < -0.39 is 0 Å². The van der Waals surface area contributed by atoms with Crippen molar-refractivity contribution in [2.24, 2.45) is 0 Å². The molecule has 0 aliphatic rings. The molecule has 1 heterocycles. The Bertz CT molecular complexity index is 1070. The number of halogens is 1. The number of fused-ring (bicyclic) bond motifs is 1. The normalized spacial score (nSPS) is 10.4. The summed E-state index contributed by atoms with van der Waals surface area (Å²) in [6, 6.07) is 12.4. The highest BCUT2D eigenvalue weighted by atomic mass is 35.5. The van der Waals surface area contributed by atoms with Crippen LogP contribution in [0.5, 0.6) is 11.5 Å². The Hall–Kier alpha value is -3.17. The van der Waals surface area contributed by atoms with Crippen LogP contribution >= 0.6 is 11.6 Å². The molecule has 0 unspecified atom stereocenters. The molecule has 3 aromatic rings. The number of H-pyrrole nitrogens is 1. The molecule has 132 valence electrons. The fourth-order valence-electron chi connectivity index (χ4n) is 2.68. The largest absolute Gasteiger partial charge is 0.495 e. The van der Waals surface area contributed by atoms with Crippen molar-refractivity contribution >= 4 is 28.2 Å². The van der Waals surface area contributed by atoms with Gasteiger partial charge in [0, 0.05) is 40.3 Å². The van der Waals surface area contributed by atoms with Gasteiger partial charge in [-0.2, -0.15) is 5.26 Å². The maximum Gasteiger partial charge on any atom is 0.253 e. The predicted octanol–water partition coefficient (Wildman–Crippen LogP) is 3.68. The summed E-state index contributed by atoms with van der Waals surface area (Å²) >= 11 is 6.10. The number of rotatable bonds is 5. The average Bonchev–Trinajstić information content (AvgIpc) is 2.65. The number of aromatic nitrogens is 1. The number of aromatic amines is 1. The van der Waals surface area contributed by atoms with Crippen molar-refractivity contribution in [3.8, 4) is 17.6 Å². The van der Waals surface area contributed by atoms with Crippen molar-refractivity contribution in [3.05, 3.63) is 62.9 Å². The fraction of sp³-hybridized carbons (Fsp3) is 0.158. The van der Waals surface area contributed by atoms with E-state index in [0.717, 1.165) is 11.1 Å². The molecule has 3 rings (SSSR count). The molecular weight excluding hydrogens is 354 g/mol. The van der Waals surface area contributed by atoms with Crippen molar-refractivity contribution < 1.29 is 9.47 Å². The summed E-state index contributed by atoms with van der Waals surface area (Å²) in [6.45, 7) is 0.301. The van der Waals surface area contributed by atoms with Crippen LogP contribution in [0.1, 0.15) is 11.1 Å². The second-order valence-electron chi connectivity index (χ2n) is 5.58. The Labute approximate surface area is 154 Å². The van der Waals surface area contributed by atoms with Gasteiger partial charge < -0.3 is 19.8 Å². The monoisotopic (exact) mass is 369 g/mol. The lowest BCUT2D eigenvalue weighted by Gasteiger charge is -2.11. The van der Waals surface area contributed by atoms with Crippen LogP contribution in [0, 0.1) is 11.3 Å². The molecule has 7 heteroatoms. The molecule has 26 heavy (non-hydrogen) atoms. The number of methoxy groups -OCH3 is 2. The first-order valence-electron chi connectivity index (χ1n) is 7.77. The number of nitrogens with one attached hydrogen (secondary N) is 2. The van der Waals surface area contributed by atoms with Gasteiger partial charge in [-0.05, 0) is 24.3 Å². The van der Waals surface area contributed by atoms with Crippen molar-refractivity contribution in [2.75, 3.05) is 19.5 Å². The van der Waals surface area contributed by atoms with Crippen LogP contribution in [-0.4, -0.2) is 19.2 Å². The zero-order chi connectivity index (χ0) is 18.7. The van der Waals surface area contributed by atoms with Gasteiger partial charge in [-0.15, -0.1) is 0 Å². The number of anilines is 1. The number of pyridine rings is 1. The van der Waals surface area contributed by atoms with Crippen LogP contribution in [0.25, 0.3) is 10.9 Å². The molecule has 0 spiro atoms. The van der Waals surface area contributed by atoms with Crippen molar-refractivity contribution in [1.82, 2.24) is 4.98 Å². The molecule has 0 aliphatic carbocycles. The van der Waals surface area contributed by atoms with E-state index in [4.69, 9.17) is 26.3 Å². The maximum atomic E-state index is 12.4. The van der Waals surface area contributed by atoms with Crippen LogP contribution < -0.4 is 20.3 Å². The zero-order valence-corrected chi connectivity index (χ0v) is 15.0. The maximum absolute atomic E-state index is 12.4. The first kappa shape index (κ1) is 17.6. The van der Waals surface area contributed by atoms with E-state index in [1.54, 1.807) is 36.4 Å². The zero-order valence-electron chi connectivity index (χ0n) is 14.2.